The van der Waals surface area contributed by atoms with Crippen molar-refractivity contribution in [2.75, 3.05) is 18.0 Å². The highest BCUT2D eigenvalue weighted by molar-refractivity contribution is 8.18. The van der Waals surface area contributed by atoms with Crippen LogP contribution in [-0.2, 0) is 11.2 Å². The summed E-state index contributed by atoms with van der Waals surface area (Å²) >= 11 is 0.843. The van der Waals surface area contributed by atoms with Crippen molar-refractivity contribution in [3.05, 3.63) is 58.0 Å². The number of aryl methyl sites for hydroxylation is 1. The number of carbonyl (C=O) groups is 2. The second-order valence-corrected chi connectivity index (χ2v) is 8.81. The summed E-state index contributed by atoms with van der Waals surface area (Å²) in [5.41, 5.74) is 0.759. The van der Waals surface area contributed by atoms with Gasteiger partial charge in [-0.2, -0.15) is 0 Å². The number of rotatable bonds is 6. The van der Waals surface area contributed by atoms with E-state index in [0.29, 0.717) is 35.3 Å². The molecule has 0 radical (unpaired) electrons. The van der Waals surface area contributed by atoms with E-state index >= 15 is 0 Å². The quantitative estimate of drug-likeness (QED) is 0.505. The topological polar surface area (TPSA) is 75.2 Å². The first-order valence-electron chi connectivity index (χ1n) is 10.4. The summed E-state index contributed by atoms with van der Waals surface area (Å²) in [5, 5.41) is 1.81. The molecule has 2 aliphatic rings. The first-order valence-corrected chi connectivity index (χ1v) is 11.2. The molecule has 0 atom stereocenters. The van der Waals surface area contributed by atoms with Crippen molar-refractivity contribution in [2.45, 2.75) is 32.1 Å². The highest BCUT2D eigenvalue weighted by Gasteiger charge is 2.26. The summed E-state index contributed by atoms with van der Waals surface area (Å²) in [6.07, 6.45) is 6.97. The van der Waals surface area contributed by atoms with E-state index in [1.54, 1.807) is 18.3 Å². The SMILES string of the molecule is O=C1NC(=O)/C(=C/c2ccnc(N3CCC(CCCc4ccc(F)c(F)c4F)CC3)n2)S1. The molecule has 2 saturated heterocycles. The standard InChI is InChI=1S/C22H21F3N4O2S/c23-16-5-4-14(18(24)19(16)25)3-1-2-13-7-10-29(11-8-13)21-26-9-6-15(27-21)12-17-20(30)28-22(31)32-17/h4-6,9,12-13H,1-3,7-8,10-11H2,(H,28,30,31)/b17-12-. The fraction of sp³-hybridized carbons (Fsp3) is 0.364. The van der Waals surface area contributed by atoms with Gasteiger partial charge in [0.2, 0.25) is 5.95 Å². The minimum absolute atomic E-state index is 0.205. The number of anilines is 1. The minimum Gasteiger partial charge on any atom is -0.341 e. The maximum absolute atomic E-state index is 13.8. The van der Waals surface area contributed by atoms with Gasteiger partial charge in [-0.1, -0.05) is 6.07 Å². The molecule has 2 aromatic rings. The molecule has 2 amide bonds. The van der Waals surface area contributed by atoms with Crippen LogP contribution in [0.2, 0.25) is 0 Å². The molecule has 168 valence electrons. The van der Waals surface area contributed by atoms with Crippen LogP contribution in [0.25, 0.3) is 6.08 Å². The van der Waals surface area contributed by atoms with Gasteiger partial charge in [0, 0.05) is 19.3 Å². The number of hydrogen-bond donors (Lipinski definition) is 1. The average Bonchev–Trinajstić information content (AvgIpc) is 3.11. The molecule has 3 heterocycles. The molecule has 6 nitrogen and oxygen atoms in total. The Morgan fingerprint density at radius 3 is 2.62 bits per heavy atom. The number of halogens is 3. The zero-order valence-electron chi connectivity index (χ0n) is 17.1. The van der Waals surface area contributed by atoms with Gasteiger partial charge in [-0.3, -0.25) is 14.9 Å². The monoisotopic (exact) mass is 462 g/mol. The molecular weight excluding hydrogens is 441 g/mol. The summed E-state index contributed by atoms with van der Waals surface area (Å²) in [6.45, 7) is 1.52. The first-order chi connectivity index (χ1) is 15.4. The van der Waals surface area contributed by atoms with Gasteiger partial charge < -0.3 is 4.90 Å². The Morgan fingerprint density at radius 2 is 1.91 bits per heavy atom. The number of nitrogens with one attached hydrogen (secondary N) is 1. The molecule has 1 aromatic heterocycles. The Hall–Kier alpha value is -2.88. The van der Waals surface area contributed by atoms with Crippen LogP contribution in [0.3, 0.4) is 0 Å². The van der Waals surface area contributed by atoms with E-state index in [1.807, 2.05) is 0 Å². The van der Waals surface area contributed by atoms with Crippen molar-refractivity contribution in [3.8, 4) is 0 Å². The summed E-state index contributed by atoms with van der Waals surface area (Å²) < 4.78 is 40.2. The lowest BCUT2D eigenvalue weighted by atomic mass is 9.91. The molecule has 1 aromatic carbocycles. The number of piperidine rings is 1. The number of nitrogens with zero attached hydrogens (tertiary/aromatic N) is 3. The molecule has 32 heavy (non-hydrogen) atoms. The van der Waals surface area contributed by atoms with Gasteiger partial charge in [-0.05, 0) is 73.6 Å². The highest BCUT2D eigenvalue weighted by atomic mass is 32.2. The van der Waals surface area contributed by atoms with Gasteiger partial charge in [0.25, 0.3) is 11.1 Å². The molecule has 0 unspecified atom stereocenters. The maximum Gasteiger partial charge on any atom is 0.290 e. The zero-order valence-corrected chi connectivity index (χ0v) is 17.9. The number of hydrogen-bond acceptors (Lipinski definition) is 6. The third kappa shape index (κ3) is 5.12. The van der Waals surface area contributed by atoms with Crippen molar-refractivity contribution < 1.29 is 22.8 Å². The Bertz CT molecular complexity index is 1070. The van der Waals surface area contributed by atoms with Crippen LogP contribution in [0.4, 0.5) is 23.9 Å². The van der Waals surface area contributed by atoms with Crippen molar-refractivity contribution in [1.82, 2.24) is 15.3 Å². The largest absolute Gasteiger partial charge is 0.341 e. The van der Waals surface area contributed by atoms with Gasteiger partial charge in [0.1, 0.15) is 0 Å². The lowest BCUT2D eigenvalue weighted by Crippen LogP contribution is -2.35. The molecule has 0 saturated carbocycles. The van der Waals surface area contributed by atoms with Gasteiger partial charge in [-0.25, -0.2) is 23.1 Å². The van der Waals surface area contributed by atoms with Gasteiger partial charge >= 0.3 is 0 Å². The van der Waals surface area contributed by atoms with Gasteiger partial charge in [-0.15, -0.1) is 0 Å². The van der Waals surface area contributed by atoms with Crippen LogP contribution < -0.4 is 10.2 Å². The summed E-state index contributed by atoms with van der Waals surface area (Å²) in [6, 6.07) is 3.95. The predicted octanol–water partition coefficient (Wildman–Crippen LogP) is 4.46. The molecule has 10 heteroatoms. The van der Waals surface area contributed by atoms with Crippen LogP contribution in [0.5, 0.6) is 0 Å². The molecule has 1 N–H and O–H groups in total. The first kappa shape index (κ1) is 22.3. The Labute approximate surface area is 187 Å². The van der Waals surface area contributed by atoms with Crippen molar-refractivity contribution in [2.24, 2.45) is 5.92 Å². The van der Waals surface area contributed by atoms with Crippen LogP contribution in [0.15, 0.2) is 29.3 Å². The zero-order chi connectivity index (χ0) is 22.7. The van der Waals surface area contributed by atoms with Crippen LogP contribution in [0.1, 0.15) is 36.9 Å². The summed E-state index contributed by atoms with van der Waals surface area (Å²) in [4.78, 5) is 34.2. The number of benzene rings is 1. The molecule has 4 rings (SSSR count). The maximum atomic E-state index is 13.8. The van der Waals surface area contributed by atoms with E-state index < -0.39 is 28.6 Å². The van der Waals surface area contributed by atoms with E-state index in [0.717, 1.165) is 50.2 Å². The minimum atomic E-state index is -1.41. The van der Waals surface area contributed by atoms with E-state index in [-0.39, 0.29) is 5.56 Å². The van der Waals surface area contributed by atoms with Crippen LogP contribution in [-0.4, -0.2) is 34.2 Å². The van der Waals surface area contributed by atoms with Gasteiger partial charge in [0.15, 0.2) is 17.5 Å². The number of carbonyl (C=O) groups excluding carboxylic acids is 2. The highest BCUT2D eigenvalue weighted by Crippen LogP contribution is 2.27. The van der Waals surface area contributed by atoms with Crippen molar-refractivity contribution >= 4 is 34.9 Å². The Balaban J connectivity index is 1.29. The van der Waals surface area contributed by atoms with Crippen molar-refractivity contribution in [3.63, 3.8) is 0 Å². The third-order valence-corrected chi connectivity index (χ3v) is 6.47. The molecule has 0 spiro atoms. The Kier molecular flexibility index (Phi) is 6.78. The van der Waals surface area contributed by atoms with Crippen molar-refractivity contribution in [1.29, 1.82) is 0 Å². The predicted molar refractivity (Wildman–Crippen MR) is 115 cm³/mol. The van der Waals surface area contributed by atoms with E-state index in [2.05, 4.69) is 20.2 Å². The molecule has 0 bridgehead atoms. The number of thioether (sulfide) groups is 1. The second-order valence-electron chi connectivity index (χ2n) is 7.79. The van der Waals surface area contributed by atoms with E-state index in [9.17, 15) is 22.8 Å². The van der Waals surface area contributed by atoms with Crippen LogP contribution in [0, 0.1) is 23.4 Å². The third-order valence-electron chi connectivity index (χ3n) is 5.66. The summed E-state index contributed by atoms with van der Waals surface area (Å²) in [7, 11) is 0. The average molecular weight is 462 g/mol. The molecule has 2 aliphatic heterocycles. The number of aromatic nitrogens is 2. The lowest BCUT2D eigenvalue weighted by Gasteiger charge is -2.32. The fourth-order valence-electron chi connectivity index (χ4n) is 3.91. The lowest BCUT2D eigenvalue weighted by molar-refractivity contribution is -0.115. The second kappa shape index (κ2) is 9.72. The van der Waals surface area contributed by atoms with Crippen LogP contribution >= 0.6 is 11.8 Å². The molecule has 0 aliphatic carbocycles. The van der Waals surface area contributed by atoms with E-state index in [4.69, 9.17) is 0 Å². The number of amides is 2. The van der Waals surface area contributed by atoms with Gasteiger partial charge in [0.05, 0.1) is 10.6 Å². The fourth-order valence-corrected chi connectivity index (χ4v) is 4.58. The smallest absolute Gasteiger partial charge is 0.290 e. The Morgan fingerprint density at radius 1 is 1.12 bits per heavy atom. The number of imide groups is 1. The molecule has 2 fully saturated rings. The normalized spacial score (nSPS) is 18.5. The summed E-state index contributed by atoms with van der Waals surface area (Å²) in [5.74, 6) is -3.08. The van der Waals surface area contributed by atoms with E-state index in [1.165, 1.54) is 6.07 Å². The molecular formula is C22H21F3N4O2S.